The van der Waals surface area contributed by atoms with Gasteiger partial charge in [0.2, 0.25) is 0 Å². The van der Waals surface area contributed by atoms with Crippen LogP contribution in [0, 0.1) is 0 Å². The molecule has 2 heterocycles. The first-order chi connectivity index (χ1) is 15.8. The predicted octanol–water partition coefficient (Wildman–Crippen LogP) is 0.729. The van der Waals surface area contributed by atoms with Crippen molar-refractivity contribution in [1.82, 2.24) is 0 Å². The van der Waals surface area contributed by atoms with Gasteiger partial charge < -0.3 is 39.9 Å². The van der Waals surface area contributed by atoms with Crippen LogP contribution in [0.5, 0.6) is 5.75 Å². The Labute approximate surface area is 195 Å². The Morgan fingerprint density at radius 3 is 2.61 bits per heavy atom. The molecule has 0 aliphatic carbocycles. The molecule has 178 valence electrons. The van der Waals surface area contributed by atoms with E-state index in [4.69, 9.17) is 21.1 Å². The quantitative estimate of drug-likeness (QED) is 0.405. The van der Waals surface area contributed by atoms with Crippen LogP contribution in [0.2, 0.25) is 5.02 Å². The number of benzene rings is 2. The number of carboxylic acid groups (broad SMARTS) is 1. The van der Waals surface area contributed by atoms with Crippen molar-refractivity contribution in [3.8, 4) is 5.75 Å². The van der Waals surface area contributed by atoms with Crippen molar-refractivity contribution in [1.29, 1.82) is 0 Å². The molecule has 2 aromatic rings. The Morgan fingerprint density at radius 2 is 1.88 bits per heavy atom. The molecular weight excluding hydrogens is 454 g/mol. The first-order valence-electron chi connectivity index (χ1n) is 10.6. The van der Waals surface area contributed by atoms with Crippen LogP contribution in [-0.4, -0.2) is 82.2 Å². The van der Waals surface area contributed by atoms with Crippen LogP contribution in [0.3, 0.4) is 0 Å². The zero-order valence-electron chi connectivity index (χ0n) is 17.7. The minimum Gasteiger partial charge on any atom is -0.490 e. The van der Waals surface area contributed by atoms with E-state index in [-0.39, 0.29) is 6.54 Å². The number of hydrogen-bond acceptors (Lipinski definition) is 8. The monoisotopic (exact) mass is 479 g/mol. The van der Waals surface area contributed by atoms with Gasteiger partial charge in [0.1, 0.15) is 49.4 Å². The maximum atomic E-state index is 11.2. The molecule has 5 atom stereocenters. The van der Waals surface area contributed by atoms with Gasteiger partial charge in [0.05, 0.1) is 18.8 Å². The third kappa shape index (κ3) is 4.93. The number of anilines is 1. The van der Waals surface area contributed by atoms with Crippen LogP contribution >= 0.6 is 11.6 Å². The number of aliphatic carboxylic acids is 1. The number of carbonyl (C=O) groups is 1. The maximum Gasteiger partial charge on any atom is 0.323 e. The van der Waals surface area contributed by atoms with Gasteiger partial charge in [0.15, 0.2) is 0 Å². The van der Waals surface area contributed by atoms with Crippen molar-refractivity contribution < 1.29 is 39.8 Å². The fourth-order valence-corrected chi connectivity index (χ4v) is 4.44. The van der Waals surface area contributed by atoms with E-state index < -0.39 is 43.1 Å². The number of carboxylic acids is 1. The third-order valence-electron chi connectivity index (χ3n) is 5.99. The molecule has 0 saturated carbocycles. The summed E-state index contributed by atoms with van der Waals surface area (Å²) in [5, 5.41) is 49.7. The first-order valence-corrected chi connectivity index (χ1v) is 11.0. The van der Waals surface area contributed by atoms with E-state index in [9.17, 15) is 30.3 Å². The highest BCUT2D eigenvalue weighted by Gasteiger charge is 2.44. The zero-order valence-corrected chi connectivity index (χ0v) is 18.4. The zero-order chi connectivity index (χ0) is 23.7. The number of aliphatic hydroxyl groups is 4. The molecule has 5 N–H and O–H groups in total. The molecule has 0 aromatic heterocycles. The second-order valence-corrected chi connectivity index (χ2v) is 8.65. The molecule has 0 unspecified atom stereocenters. The first kappa shape index (κ1) is 23.7. The van der Waals surface area contributed by atoms with Crippen molar-refractivity contribution >= 4 is 23.3 Å². The minimum absolute atomic E-state index is 0.132. The molecular formula is C23H26ClNO8. The van der Waals surface area contributed by atoms with Crippen LogP contribution < -0.4 is 9.64 Å². The largest absolute Gasteiger partial charge is 0.490 e. The Balaban J connectivity index is 1.60. The number of halogens is 1. The van der Waals surface area contributed by atoms with Crippen molar-refractivity contribution in [2.24, 2.45) is 0 Å². The lowest BCUT2D eigenvalue weighted by atomic mass is 9.90. The van der Waals surface area contributed by atoms with E-state index in [2.05, 4.69) is 0 Å². The highest BCUT2D eigenvalue weighted by molar-refractivity contribution is 6.31. The average molecular weight is 480 g/mol. The highest BCUT2D eigenvalue weighted by Crippen LogP contribution is 2.36. The van der Waals surface area contributed by atoms with Crippen LogP contribution in [0.15, 0.2) is 36.4 Å². The molecule has 1 saturated heterocycles. The van der Waals surface area contributed by atoms with Gasteiger partial charge in [0, 0.05) is 5.02 Å². The summed E-state index contributed by atoms with van der Waals surface area (Å²) in [6, 6.07) is 10.6. The summed E-state index contributed by atoms with van der Waals surface area (Å²) in [5.41, 5.74) is 2.84. The predicted molar refractivity (Wildman–Crippen MR) is 119 cm³/mol. The van der Waals surface area contributed by atoms with Gasteiger partial charge >= 0.3 is 5.97 Å². The maximum absolute atomic E-state index is 11.2. The average Bonchev–Trinajstić information content (AvgIpc) is 2.79. The lowest BCUT2D eigenvalue weighted by Crippen LogP contribution is -2.55. The second kappa shape index (κ2) is 9.84. The molecule has 9 nitrogen and oxygen atoms in total. The van der Waals surface area contributed by atoms with Crippen molar-refractivity contribution in [3.05, 3.63) is 58.1 Å². The Kier molecular flexibility index (Phi) is 7.08. The standard InChI is InChI=1S/C23H26ClNO8/c24-15-3-2-13(23-22(31)21(30)20(29)18(11-26)33-23)9-14(15)7-12-1-4-17-16(8-12)25(5-6-32-17)10-19(27)28/h1-4,8-9,18,20-23,26,29-31H,5-7,10-11H2,(H,27,28)/t18-,20-,21+,22-,23+/m1/s1. The topological polar surface area (TPSA) is 140 Å². The van der Waals surface area contributed by atoms with Crippen molar-refractivity contribution in [3.63, 3.8) is 0 Å². The second-order valence-electron chi connectivity index (χ2n) is 8.24. The van der Waals surface area contributed by atoms with Crippen LogP contribution in [0.25, 0.3) is 0 Å². The molecule has 4 rings (SSSR count). The fraction of sp³-hybridized carbons (Fsp3) is 0.435. The van der Waals surface area contributed by atoms with Crippen molar-refractivity contribution in [2.75, 3.05) is 31.2 Å². The Morgan fingerprint density at radius 1 is 1.09 bits per heavy atom. The normalized spacial score (nSPS) is 27.1. The number of ether oxygens (including phenoxy) is 2. The van der Waals surface area contributed by atoms with E-state index in [0.29, 0.717) is 41.6 Å². The third-order valence-corrected chi connectivity index (χ3v) is 6.36. The molecule has 2 aliphatic heterocycles. The molecule has 0 bridgehead atoms. The molecule has 10 heteroatoms. The van der Waals surface area contributed by atoms with Crippen LogP contribution in [-0.2, 0) is 16.0 Å². The lowest BCUT2D eigenvalue weighted by molar-refractivity contribution is -0.231. The minimum atomic E-state index is -1.47. The summed E-state index contributed by atoms with van der Waals surface area (Å²) >= 11 is 6.42. The van der Waals surface area contributed by atoms with E-state index >= 15 is 0 Å². The SMILES string of the molecule is O=C(O)CN1CCOc2ccc(Cc3cc([C@@H]4O[C@H](CO)[C@@H](O)[C@H](O)[C@H]4O)ccc3Cl)cc21. The Bertz CT molecular complexity index is 1020. The number of nitrogens with zero attached hydrogens (tertiary/aromatic N) is 1. The summed E-state index contributed by atoms with van der Waals surface area (Å²) in [4.78, 5) is 13.0. The van der Waals surface area contributed by atoms with Crippen LogP contribution in [0.4, 0.5) is 5.69 Å². The van der Waals surface area contributed by atoms with Crippen LogP contribution in [0.1, 0.15) is 22.8 Å². The Hall–Kier alpha value is -2.40. The van der Waals surface area contributed by atoms with Gasteiger partial charge in [-0.25, -0.2) is 0 Å². The number of hydrogen-bond donors (Lipinski definition) is 5. The summed E-state index contributed by atoms with van der Waals surface area (Å²) in [6.45, 7) is 0.238. The number of aliphatic hydroxyl groups excluding tert-OH is 4. The molecule has 0 spiro atoms. The van der Waals surface area contributed by atoms with Gasteiger partial charge in [-0.1, -0.05) is 29.8 Å². The van der Waals surface area contributed by atoms with E-state index in [0.717, 1.165) is 11.1 Å². The van der Waals surface area contributed by atoms with E-state index in [1.807, 2.05) is 12.1 Å². The van der Waals surface area contributed by atoms with E-state index in [1.165, 1.54) is 0 Å². The number of rotatable bonds is 6. The molecule has 0 amide bonds. The fourth-order valence-electron chi connectivity index (χ4n) is 4.26. The molecule has 33 heavy (non-hydrogen) atoms. The van der Waals surface area contributed by atoms with Gasteiger partial charge in [-0.3, -0.25) is 4.79 Å². The molecule has 1 fully saturated rings. The van der Waals surface area contributed by atoms with Gasteiger partial charge in [0.25, 0.3) is 0 Å². The van der Waals surface area contributed by atoms with Gasteiger partial charge in [-0.2, -0.15) is 0 Å². The van der Waals surface area contributed by atoms with Crippen molar-refractivity contribution in [2.45, 2.75) is 36.9 Å². The molecule has 0 radical (unpaired) electrons. The number of fused-ring (bicyclic) bond motifs is 1. The summed E-state index contributed by atoms with van der Waals surface area (Å²) in [5.74, 6) is -0.309. The van der Waals surface area contributed by atoms with E-state index in [1.54, 1.807) is 29.2 Å². The van der Waals surface area contributed by atoms with Gasteiger partial charge in [-0.05, 0) is 41.3 Å². The lowest BCUT2D eigenvalue weighted by Gasteiger charge is -2.40. The molecule has 2 aromatic carbocycles. The molecule has 2 aliphatic rings. The highest BCUT2D eigenvalue weighted by atomic mass is 35.5. The van der Waals surface area contributed by atoms with Gasteiger partial charge in [-0.15, -0.1) is 0 Å². The summed E-state index contributed by atoms with van der Waals surface area (Å²) in [6.07, 6.45) is -5.84. The smallest absolute Gasteiger partial charge is 0.323 e. The summed E-state index contributed by atoms with van der Waals surface area (Å²) < 4.78 is 11.3. The summed E-state index contributed by atoms with van der Waals surface area (Å²) in [7, 11) is 0.